The molecule has 1 atom stereocenters. The standard InChI is InChI=1S/C16H30N2/c1-2-5-15(4-1)16-6-3-12-18(16)13-9-14-7-10-17-11-8-14/h14-17H,1-13H2. The molecule has 18 heavy (non-hydrogen) atoms. The Morgan fingerprint density at radius 3 is 2.44 bits per heavy atom. The molecule has 1 N–H and O–H groups in total. The Bertz CT molecular complexity index is 241. The van der Waals surface area contributed by atoms with E-state index in [1.54, 1.807) is 0 Å². The van der Waals surface area contributed by atoms with Gasteiger partial charge in [0, 0.05) is 6.04 Å². The minimum absolute atomic E-state index is 0.967. The summed E-state index contributed by atoms with van der Waals surface area (Å²) >= 11 is 0. The Balaban J connectivity index is 1.45. The van der Waals surface area contributed by atoms with Crippen LogP contribution in [0.5, 0.6) is 0 Å². The molecule has 1 aliphatic carbocycles. The molecule has 0 bridgehead atoms. The second-order valence-electron chi connectivity index (χ2n) is 6.77. The number of piperidine rings is 1. The minimum Gasteiger partial charge on any atom is -0.317 e. The van der Waals surface area contributed by atoms with Gasteiger partial charge in [0.15, 0.2) is 0 Å². The van der Waals surface area contributed by atoms with Gasteiger partial charge in [-0.1, -0.05) is 12.8 Å². The summed E-state index contributed by atoms with van der Waals surface area (Å²) in [5.41, 5.74) is 0. The van der Waals surface area contributed by atoms with E-state index in [1.165, 1.54) is 84.0 Å². The Morgan fingerprint density at radius 1 is 0.889 bits per heavy atom. The van der Waals surface area contributed by atoms with Crippen LogP contribution in [0.25, 0.3) is 0 Å². The van der Waals surface area contributed by atoms with Gasteiger partial charge in [-0.05, 0) is 83.0 Å². The summed E-state index contributed by atoms with van der Waals surface area (Å²) in [5, 5.41) is 3.48. The fourth-order valence-electron chi connectivity index (χ4n) is 4.52. The molecule has 0 aromatic rings. The lowest BCUT2D eigenvalue weighted by Crippen LogP contribution is -2.37. The van der Waals surface area contributed by atoms with Gasteiger partial charge in [0.25, 0.3) is 0 Å². The van der Waals surface area contributed by atoms with Crippen molar-refractivity contribution in [3.8, 4) is 0 Å². The van der Waals surface area contributed by atoms with Crippen molar-refractivity contribution in [2.24, 2.45) is 11.8 Å². The molecular formula is C16H30N2. The van der Waals surface area contributed by atoms with Gasteiger partial charge in [0.1, 0.15) is 0 Å². The van der Waals surface area contributed by atoms with Crippen molar-refractivity contribution in [3.05, 3.63) is 0 Å². The van der Waals surface area contributed by atoms with Crippen LogP contribution in [-0.4, -0.2) is 37.1 Å². The molecule has 3 aliphatic rings. The molecule has 2 heteroatoms. The van der Waals surface area contributed by atoms with E-state index in [9.17, 15) is 0 Å². The number of likely N-dealkylation sites (tertiary alicyclic amines) is 1. The first-order valence-corrected chi connectivity index (χ1v) is 8.38. The van der Waals surface area contributed by atoms with Crippen LogP contribution in [0.3, 0.4) is 0 Å². The van der Waals surface area contributed by atoms with E-state index in [0.717, 1.165) is 17.9 Å². The van der Waals surface area contributed by atoms with Crippen LogP contribution >= 0.6 is 0 Å². The minimum atomic E-state index is 0.967. The third-order valence-corrected chi connectivity index (χ3v) is 5.64. The zero-order valence-corrected chi connectivity index (χ0v) is 11.9. The fourth-order valence-corrected chi connectivity index (χ4v) is 4.52. The van der Waals surface area contributed by atoms with Gasteiger partial charge in [-0.25, -0.2) is 0 Å². The van der Waals surface area contributed by atoms with E-state index >= 15 is 0 Å². The first-order chi connectivity index (χ1) is 8.93. The third-order valence-electron chi connectivity index (χ3n) is 5.64. The first kappa shape index (κ1) is 12.9. The lowest BCUT2D eigenvalue weighted by Gasteiger charge is -2.31. The number of hydrogen-bond acceptors (Lipinski definition) is 2. The van der Waals surface area contributed by atoms with Crippen LogP contribution in [0.1, 0.15) is 57.8 Å². The lowest BCUT2D eigenvalue weighted by atomic mass is 9.93. The van der Waals surface area contributed by atoms with Crippen molar-refractivity contribution < 1.29 is 0 Å². The molecule has 0 radical (unpaired) electrons. The quantitative estimate of drug-likeness (QED) is 0.825. The molecule has 1 unspecified atom stereocenters. The maximum atomic E-state index is 3.48. The first-order valence-electron chi connectivity index (χ1n) is 8.38. The van der Waals surface area contributed by atoms with Crippen molar-refractivity contribution in [3.63, 3.8) is 0 Å². The number of rotatable bonds is 4. The predicted octanol–water partition coefficient (Wildman–Crippen LogP) is 3.03. The van der Waals surface area contributed by atoms with Gasteiger partial charge in [0.05, 0.1) is 0 Å². The highest BCUT2D eigenvalue weighted by Gasteiger charge is 2.33. The zero-order chi connectivity index (χ0) is 12.2. The SMILES string of the molecule is C1CCC(C2CCCN2CCC2CCNCC2)C1. The summed E-state index contributed by atoms with van der Waals surface area (Å²) < 4.78 is 0. The molecule has 2 saturated heterocycles. The van der Waals surface area contributed by atoms with Gasteiger partial charge in [-0.2, -0.15) is 0 Å². The smallest absolute Gasteiger partial charge is 0.0124 e. The monoisotopic (exact) mass is 250 g/mol. The third kappa shape index (κ3) is 3.08. The van der Waals surface area contributed by atoms with E-state index in [2.05, 4.69) is 10.2 Å². The molecule has 0 amide bonds. The highest BCUT2D eigenvalue weighted by Crippen LogP contribution is 2.35. The normalized spacial score (nSPS) is 32.3. The Kier molecular flexibility index (Phi) is 4.58. The molecule has 0 spiro atoms. The summed E-state index contributed by atoms with van der Waals surface area (Å²) in [6.07, 6.45) is 13.3. The van der Waals surface area contributed by atoms with Crippen molar-refractivity contribution in [2.75, 3.05) is 26.2 Å². The summed E-state index contributed by atoms with van der Waals surface area (Å²) in [6.45, 7) is 5.31. The van der Waals surface area contributed by atoms with Crippen LogP contribution in [0.15, 0.2) is 0 Å². The van der Waals surface area contributed by atoms with E-state index in [-0.39, 0.29) is 0 Å². The van der Waals surface area contributed by atoms with E-state index in [1.807, 2.05) is 0 Å². The molecule has 1 saturated carbocycles. The van der Waals surface area contributed by atoms with Crippen LogP contribution in [0.2, 0.25) is 0 Å². The van der Waals surface area contributed by atoms with Gasteiger partial charge >= 0.3 is 0 Å². The van der Waals surface area contributed by atoms with Crippen molar-refractivity contribution >= 4 is 0 Å². The molecule has 0 aromatic heterocycles. The molecule has 104 valence electrons. The van der Waals surface area contributed by atoms with Crippen molar-refractivity contribution in [2.45, 2.75) is 63.8 Å². The van der Waals surface area contributed by atoms with Crippen molar-refractivity contribution in [1.82, 2.24) is 10.2 Å². The second kappa shape index (κ2) is 6.38. The van der Waals surface area contributed by atoms with Gasteiger partial charge in [-0.3, -0.25) is 0 Å². The van der Waals surface area contributed by atoms with E-state index in [0.29, 0.717) is 0 Å². The molecule has 2 aliphatic heterocycles. The van der Waals surface area contributed by atoms with Crippen LogP contribution in [0, 0.1) is 11.8 Å². The average molecular weight is 250 g/mol. The second-order valence-corrected chi connectivity index (χ2v) is 6.77. The Hall–Kier alpha value is -0.0800. The average Bonchev–Trinajstić information content (AvgIpc) is 3.08. The molecule has 3 rings (SSSR count). The number of nitrogens with one attached hydrogen (secondary N) is 1. The summed E-state index contributed by atoms with van der Waals surface area (Å²) in [5.74, 6) is 2.07. The van der Waals surface area contributed by atoms with E-state index in [4.69, 9.17) is 0 Å². The Morgan fingerprint density at radius 2 is 1.67 bits per heavy atom. The predicted molar refractivity (Wildman–Crippen MR) is 76.8 cm³/mol. The van der Waals surface area contributed by atoms with Gasteiger partial charge in [-0.15, -0.1) is 0 Å². The van der Waals surface area contributed by atoms with Crippen molar-refractivity contribution in [1.29, 1.82) is 0 Å². The van der Waals surface area contributed by atoms with Crippen LogP contribution < -0.4 is 5.32 Å². The molecule has 3 fully saturated rings. The highest BCUT2D eigenvalue weighted by atomic mass is 15.2. The van der Waals surface area contributed by atoms with Crippen LogP contribution in [-0.2, 0) is 0 Å². The van der Waals surface area contributed by atoms with Gasteiger partial charge in [0.2, 0.25) is 0 Å². The number of nitrogens with zero attached hydrogens (tertiary/aromatic N) is 1. The zero-order valence-electron chi connectivity index (χ0n) is 11.9. The highest BCUT2D eigenvalue weighted by molar-refractivity contribution is 4.87. The molecule has 2 heterocycles. The van der Waals surface area contributed by atoms with Crippen LogP contribution in [0.4, 0.5) is 0 Å². The molecular weight excluding hydrogens is 220 g/mol. The molecule has 2 nitrogen and oxygen atoms in total. The topological polar surface area (TPSA) is 15.3 Å². The maximum Gasteiger partial charge on any atom is 0.0124 e. The largest absolute Gasteiger partial charge is 0.317 e. The van der Waals surface area contributed by atoms with E-state index < -0.39 is 0 Å². The molecule has 0 aromatic carbocycles. The lowest BCUT2D eigenvalue weighted by molar-refractivity contribution is 0.173. The summed E-state index contributed by atoms with van der Waals surface area (Å²) in [6, 6.07) is 0.967. The maximum absolute atomic E-state index is 3.48. The number of hydrogen-bond donors (Lipinski definition) is 1. The van der Waals surface area contributed by atoms with Gasteiger partial charge < -0.3 is 10.2 Å². The summed E-state index contributed by atoms with van der Waals surface area (Å²) in [4.78, 5) is 2.86. The fraction of sp³-hybridized carbons (Fsp3) is 1.00. The Labute approximate surface area is 113 Å². The summed E-state index contributed by atoms with van der Waals surface area (Å²) in [7, 11) is 0.